The standard InChI is InChI=1S/C10H19N3O2/c1-10(2,3)12-9(14)15-13-8-6-4-11-5-7(6)8/h6-8,11,13H,4-5H2,1-3H3,(H,12,14). The molecule has 1 saturated carbocycles. The van der Waals surface area contributed by atoms with Gasteiger partial charge >= 0.3 is 6.09 Å². The van der Waals surface area contributed by atoms with Crippen molar-refractivity contribution in [3.05, 3.63) is 0 Å². The van der Waals surface area contributed by atoms with Gasteiger partial charge < -0.3 is 15.5 Å². The Morgan fingerprint density at radius 3 is 2.47 bits per heavy atom. The molecule has 1 saturated heterocycles. The minimum absolute atomic E-state index is 0.250. The summed E-state index contributed by atoms with van der Waals surface area (Å²) in [6.45, 7) is 7.83. The maximum absolute atomic E-state index is 11.3. The van der Waals surface area contributed by atoms with E-state index >= 15 is 0 Å². The van der Waals surface area contributed by atoms with Crippen molar-refractivity contribution < 1.29 is 9.63 Å². The summed E-state index contributed by atoms with van der Waals surface area (Å²) in [7, 11) is 0. The van der Waals surface area contributed by atoms with Crippen molar-refractivity contribution in [1.82, 2.24) is 16.1 Å². The summed E-state index contributed by atoms with van der Waals surface area (Å²) in [6, 6.07) is 0.358. The van der Waals surface area contributed by atoms with Crippen LogP contribution in [0.4, 0.5) is 4.79 Å². The van der Waals surface area contributed by atoms with Crippen LogP contribution in [0.3, 0.4) is 0 Å². The second kappa shape index (κ2) is 3.64. The summed E-state index contributed by atoms with van der Waals surface area (Å²) in [5.74, 6) is 1.29. The van der Waals surface area contributed by atoms with Crippen LogP contribution in [0.1, 0.15) is 20.8 Å². The third kappa shape index (κ3) is 2.60. The number of hydroxylamine groups is 1. The molecule has 1 amide bonds. The van der Waals surface area contributed by atoms with Gasteiger partial charge in [0.25, 0.3) is 0 Å². The molecule has 2 unspecified atom stereocenters. The molecule has 0 aromatic rings. The molecule has 2 aliphatic rings. The van der Waals surface area contributed by atoms with Crippen LogP contribution in [0.5, 0.6) is 0 Å². The van der Waals surface area contributed by atoms with E-state index in [1.54, 1.807) is 0 Å². The number of fused-ring (bicyclic) bond motifs is 1. The summed E-state index contributed by atoms with van der Waals surface area (Å²) in [5.41, 5.74) is 2.58. The van der Waals surface area contributed by atoms with Crippen molar-refractivity contribution in [3.8, 4) is 0 Å². The van der Waals surface area contributed by atoms with Crippen LogP contribution in [0.2, 0.25) is 0 Å². The lowest BCUT2D eigenvalue weighted by molar-refractivity contribution is 0.0747. The average Bonchev–Trinajstić information content (AvgIpc) is 2.55. The predicted molar refractivity (Wildman–Crippen MR) is 56.1 cm³/mol. The van der Waals surface area contributed by atoms with Crippen LogP contribution in [0, 0.1) is 11.8 Å². The summed E-state index contributed by atoms with van der Waals surface area (Å²) < 4.78 is 0. The summed E-state index contributed by atoms with van der Waals surface area (Å²) in [5, 5.41) is 6.01. The van der Waals surface area contributed by atoms with Gasteiger partial charge in [-0.05, 0) is 45.7 Å². The molecule has 0 bridgehead atoms. The number of rotatable bonds is 2. The van der Waals surface area contributed by atoms with Gasteiger partial charge in [-0.1, -0.05) is 0 Å². The van der Waals surface area contributed by atoms with Crippen LogP contribution in [0.25, 0.3) is 0 Å². The molecule has 1 aliphatic heterocycles. The topological polar surface area (TPSA) is 62.4 Å². The van der Waals surface area contributed by atoms with Gasteiger partial charge in [0.1, 0.15) is 0 Å². The highest BCUT2D eigenvalue weighted by molar-refractivity contribution is 5.67. The molecule has 15 heavy (non-hydrogen) atoms. The highest BCUT2D eigenvalue weighted by atomic mass is 16.7. The van der Waals surface area contributed by atoms with Crippen LogP contribution in [-0.4, -0.2) is 30.8 Å². The number of amides is 1. The SMILES string of the molecule is CC(C)(C)NC(=O)ONC1C2CNCC21. The number of hydrogen-bond donors (Lipinski definition) is 3. The first-order chi connectivity index (χ1) is 6.97. The summed E-state index contributed by atoms with van der Waals surface area (Å²) >= 11 is 0. The van der Waals surface area contributed by atoms with E-state index in [1.165, 1.54) is 0 Å². The van der Waals surface area contributed by atoms with E-state index in [0.717, 1.165) is 13.1 Å². The van der Waals surface area contributed by atoms with E-state index in [9.17, 15) is 4.79 Å². The van der Waals surface area contributed by atoms with Crippen molar-refractivity contribution in [2.75, 3.05) is 13.1 Å². The molecular formula is C10H19N3O2. The van der Waals surface area contributed by atoms with Crippen LogP contribution < -0.4 is 16.1 Å². The fraction of sp³-hybridized carbons (Fsp3) is 0.900. The van der Waals surface area contributed by atoms with Gasteiger partial charge in [-0.25, -0.2) is 4.79 Å². The molecule has 1 heterocycles. The molecule has 2 atom stereocenters. The third-order valence-electron chi connectivity index (χ3n) is 2.86. The number of carbonyl (C=O) groups is 1. The Kier molecular flexibility index (Phi) is 2.60. The Hall–Kier alpha value is -0.810. The molecule has 5 heteroatoms. The lowest BCUT2D eigenvalue weighted by atomic mass is 10.1. The fourth-order valence-electron chi connectivity index (χ4n) is 2.05. The molecule has 1 aliphatic carbocycles. The first kappa shape index (κ1) is 10.7. The Morgan fingerprint density at radius 1 is 1.33 bits per heavy atom. The number of hydrogen-bond acceptors (Lipinski definition) is 4. The van der Waals surface area contributed by atoms with Crippen LogP contribution in [0.15, 0.2) is 0 Å². The molecular weight excluding hydrogens is 194 g/mol. The predicted octanol–water partition coefficient (Wildman–Crippen LogP) is 0.234. The molecule has 3 N–H and O–H groups in total. The molecule has 5 nitrogen and oxygen atoms in total. The normalized spacial score (nSPS) is 33.4. The quantitative estimate of drug-likeness (QED) is 0.575. The van der Waals surface area contributed by atoms with E-state index in [2.05, 4.69) is 16.1 Å². The number of piperidine rings is 1. The van der Waals surface area contributed by atoms with Gasteiger partial charge in [-0.15, -0.1) is 5.48 Å². The molecule has 0 radical (unpaired) electrons. The van der Waals surface area contributed by atoms with E-state index in [0.29, 0.717) is 17.9 Å². The molecule has 2 fully saturated rings. The Balaban J connectivity index is 1.64. The maximum Gasteiger partial charge on any atom is 0.426 e. The lowest BCUT2D eigenvalue weighted by Crippen LogP contribution is -2.43. The van der Waals surface area contributed by atoms with Gasteiger partial charge in [0.2, 0.25) is 0 Å². The highest BCUT2D eigenvalue weighted by Gasteiger charge is 2.53. The van der Waals surface area contributed by atoms with E-state index < -0.39 is 6.09 Å². The molecule has 0 spiro atoms. The molecule has 0 aromatic heterocycles. The Morgan fingerprint density at radius 2 is 1.93 bits per heavy atom. The average molecular weight is 213 g/mol. The second-order valence-corrected chi connectivity index (χ2v) is 5.39. The van der Waals surface area contributed by atoms with Crippen LogP contribution >= 0.6 is 0 Å². The van der Waals surface area contributed by atoms with Crippen molar-refractivity contribution in [2.24, 2.45) is 11.8 Å². The van der Waals surface area contributed by atoms with Gasteiger partial charge in [-0.2, -0.15) is 0 Å². The zero-order valence-electron chi connectivity index (χ0n) is 9.46. The largest absolute Gasteiger partial charge is 0.426 e. The van der Waals surface area contributed by atoms with Gasteiger partial charge in [0.15, 0.2) is 0 Å². The molecule has 0 aromatic carbocycles. The van der Waals surface area contributed by atoms with Crippen molar-refractivity contribution >= 4 is 6.09 Å². The van der Waals surface area contributed by atoms with Crippen molar-refractivity contribution in [2.45, 2.75) is 32.4 Å². The van der Waals surface area contributed by atoms with Crippen molar-refractivity contribution in [1.29, 1.82) is 0 Å². The van der Waals surface area contributed by atoms with E-state index in [1.807, 2.05) is 20.8 Å². The summed E-state index contributed by atoms with van der Waals surface area (Å²) in [6.07, 6.45) is -0.402. The Bertz CT molecular complexity index is 252. The fourth-order valence-corrected chi connectivity index (χ4v) is 2.05. The van der Waals surface area contributed by atoms with Crippen molar-refractivity contribution in [3.63, 3.8) is 0 Å². The maximum atomic E-state index is 11.3. The number of carbonyl (C=O) groups excluding carboxylic acids is 1. The highest BCUT2D eigenvalue weighted by Crippen LogP contribution is 2.41. The summed E-state index contributed by atoms with van der Waals surface area (Å²) in [4.78, 5) is 16.2. The lowest BCUT2D eigenvalue weighted by Gasteiger charge is -2.20. The van der Waals surface area contributed by atoms with E-state index in [4.69, 9.17) is 4.84 Å². The second-order valence-electron chi connectivity index (χ2n) is 5.39. The molecule has 86 valence electrons. The zero-order chi connectivity index (χ0) is 11.1. The smallest absolute Gasteiger partial charge is 0.354 e. The monoisotopic (exact) mass is 213 g/mol. The molecule has 2 rings (SSSR count). The first-order valence-electron chi connectivity index (χ1n) is 5.42. The van der Waals surface area contributed by atoms with E-state index in [-0.39, 0.29) is 5.54 Å². The third-order valence-corrected chi connectivity index (χ3v) is 2.86. The number of nitrogens with one attached hydrogen (secondary N) is 3. The minimum Gasteiger partial charge on any atom is -0.354 e. The Labute approximate surface area is 89.9 Å². The van der Waals surface area contributed by atoms with Gasteiger partial charge in [-0.3, -0.25) is 0 Å². The van der Waals surface area contributed by atoms with Gasteiger partial charge in [0.05, 0.1) is 6.04 Å². The minimum atomic E-state index is -0.402. The van der Waals surface area contributed by atoms with Crippen LogP contribution in [-0.2, 0) is 4.84 Å². The van der Waals surface area contributed by atoms with Gasteiger partial charge in [0, 0.05) is 5.54 Å². The zero-order valence-corrected chi connectivity index (χ0v) is 9.46. The first-order valence-corrected chi connectivity index (χ1v) is 5.42.